The Morgan fingerprint density at radius 2 is 2.11 bits per heavy atom. The number of benzene rings is 1. The number of rotatable bonds is 7. The monoisotopic (exact) mass is 305 g/mol. The summed E-state index contributed by atoms with van der Waals surface area (Å²) in [6.07, 6.45) is -0.394. The highest BCUT2D eigenvalue weighted by Crippen LogP contribution is 2.15. The standard InChI is InChI=1S/C12H16ClNO4S/c1-2-14(19(17,18)7-6-12(15)16)9-10-4-3-5-11(13)8-10/h3-5,8H,2,6-7,9H2,1H3,(H,15,16). The van der Waals surface area contributed by atoms with Gasteiger partial charge in [-0.2, -0.15) is 4.31 Å². The van der Waals surface area contributed by atoms with Crippen molar-refractivity contribution in [3.63, 3.8) is 0 Å². The predicted octanol–water partition coefficient (Wildman–Crippen LogP) is 1.97. The molecule has 0 aliphatic heterocycles. The van der Waals surface area contributed by atoms with Crippen LogP contribution < -0.4 is 0 Å². The number of hydrogen-bond donors (Lipinski definition) is 1. The van der Waals surface area contributed by atoms with Crippen LogP contribution in [0.1, 0.15) is 18.9 Å². The minimum Gasteiger partial charge on any atom is -0.481 e. The Labute approximate surface area is 117 Å². The number of carboxylic acids is 1. The minimum atomic E-state index is -3.57. The van der Waals surface area contributed by atoms with Crippen molar-refractivity contribution in [2.45, 2.75) is 19.9 Å². The second-order valence-electron chi connectivity index (χ2n) is 4.02. The summed E-state index contributed by atoms with van der Waals surface area (Å²) in [4.78, 5) is 10.5. The van der Waals surface area contributed by atoms with Crippen molar-refractivity contribution in [3.8, 4) is 0 Å². The molecule has 0 saturated carbocycles. The number of carbonyl (C=O) groups is 1. The molecule has 1 rings (SSSR count). The molecule has 19 heavy (non-hydrogen) atoms. The van der Waals surface area contributed by atoms with Gasteiger partial charge in [-0.25, -0.2) is 8.42 Å². The van der Waals surface area contributed by atoms with Gasteiger partial charge >= 0.3 is 5.97 Å². The zero-order valence-electron chi connectivity index (χ0n) is 10.5. The largest absolute Gasteiger partial charge is 0.481 e. The second-order valence-corrected chi connectivity index (χ2v) is 6.54. The molecule has 0 unspecified atom stereocenters. The smallest absolute Gasteiger partial charge is 0.304 e. The Balaban J connectivity index is 2.80. The van der Waals surface area contributed by atoms with Crippen LogP contribution in [0, 0.1) is 0 Å². The van der Waals surface area contributed by atoms with Crippen LogP contribution in [0.5, 0.6) is 0 Å². The van der Waals surface area contributed by atoms with Gasteiger partial charge in [0.15, 0.2) is 0 Å². The van der Waals surface area contributed by atoms with E-state index in [1.54, 1.807) is 31.2 Å². The number of sulfonamides is 1. The summed E-state index contributed by atoms with van der Waals surface area (Å²) in [5.41, 5.74) is 0.772. The molecule has 5 nitrogen and oxygen atoms in total. The van der Waals surface area contributed by atoms with Crippen LogP contribution in [-0.4, -0.2) is 36.1 Å². The molecule has 0 spiro atoms. The van der Waals surface area contributed by atoms with Gasteiger partial charge in [-0.1, -0.05) is 30.7 Å². The molecule has 0 saturated heterocycles. The minimum absolute atomic E-state index is 0.193. The first-order valence-electron chi connectivity index (χ1n) is 5.79. The number of carboxylic acid groups (broad SMARTS) is 1. The summed E-state index contributed by atoms with van der Waals surface area (Å²) >= 11 is 5.84. The third-order valence-corrected chi connectivity index (χ3v) is 4.70. The average molecular weight is 306 g/mol. The number of nitrogens with zero attached hydrogens (tertiary/aromatic N) is 1. The summed E-state index contributed by atoms with van der Waals surface area (Å²) < 4.78 is 25.2. The number of halogens is 1. The van der Waals surface area contributed by atoms with Crippen molar-refractivity contribution in [2.24, 2.45) is 0 Å². The van der Waals surface area contributed by atoms with E-state index in [2.05, 4.69) is 0 Å². The Hall–Kier alpha value is -1.11. The van der Waals surface area contributed by atoms with Gasteiger partial charge < -0.3 is 5.11 Å². The van der Waals surface area contributed by atoms with Gasteiger partial charge in [0.25, 0.3) is 0 Å². The molecule has 7 heteroatoms. The van der Waals surface area contributed by atoms with Crippen molar-refractivity contribution in [3.05, 3.63) is 34.9 Å². The molecule has 0 fully saturated rings. The lowest BCUT2D eigenvalue weighted by atomic mass is 10.2. The molecule has 0 heterocycles. The molecule has 106 valence electrons. The first-order chi connectivity index (χ1) is 8.85. The first-order valence-corrected chi connectivity index (χ1v) is 7.78. The maximum Gasteiger partial charge on any atom is 0.304 e. The molecule has 0 radical (unpaired) electrons. The maximum absolute atomic E-state index is 12.0. The van der Waals surface area contributed by atoms with E-state index in [0.29, 0.717) is 5.02 Å². The Kier molecular flexibility index (Phi) is 5.78. The van der Waals surface area contributed by atoms with Gasteiger partial charge in [-0.15, -0.1) is 0 Å². The molecule has 1 aromatic rings. The molecule has 0 aromatic heterocycles. The fraction of sp³-hybridized carbons (Fsp3) is 0.417. The lowest BCUT2D eigenvalue weighted by Crippen LogP contribution is -2.33. The molecule has 0 aliphatic rings. The molecule has 0 atom stereocenters. The van der Waals surface area contributed by atoms with Crippen molar-refractivity contribution >= 4 is 27.6 Å². The Bertz CT molecular complexity index is 544. The van der Waals surface area contributed by atoms with Gasteiger partial charge in [0.1, 0.15) is 0 Å². The SMILES string of the molecule is CCN(Cc1cccc(Cl)c1)S(=O)(=O)CCC(=O)O. The normalized spacial score (nSPS) is 11.7. The van der Waals surface area contributed by atoms with Crippen LogP contribution in [0.2, 0.25) is 5.02 Å². The molecule has 0 bridgehead atoms. The average Bonchev–Trinajstić information content (AvgIpc) is 2.33. The summed E-state index contributed by atoms with van der Waals surface area (Å²) in [5.74, 6) is -1.51. The molecular formula is C12H16ClNO4S. The van der Waals surface area contributed by atoms with Crippen LogP contribution in [0.25, 0.3) is 0 Å². The van der Waals surface area contributed by atoms with Gasteiger partial charge in [-0.3, -0.25) is 4.79 Å². The maximum atomic E-state index is 12.0. The van der Waals surface area contributed by atoms with Crippen LogP contribution in [0.15, 0.2) is 24.3 Å². The van der Waals surface area contributed by atoms with E-state index in [4.69, 9.17) is 16.7 Å². The predicted molar refractivity (Wildman–Crippen MR) is 73.6 cm³/mol. The van der Waals surface area contributed by atoms with Gasteiger partial charge in [-0.05, 0) is 17.7 Å². The van der Waals surface area contributed by atoms with E-state index >= 15 is 0 Å². The van der Waals surface area contributed by atoms with Gasteiger partial charge in [0.2, 0.25) is 10.0 Å². The van der Waals surface area contributed by atoms with E-state index in [-0.39, 0.29) is 13.1 Å². The molecule has 0 amide bonds. The number of aliphatic carboxylic acids is 1. The topological polar surface area (TPSA) is 74.7 Å². The summed E-state index contributed by atoms with van der Waals surface area (Å²) in [5, 5.41) is 9.10. The van der Waals surface area contributed by atoms with Gasteiger partial charge in [0.05, 0.1) is 12.2 Å². The van der Waals surface area contributed by atoms with E-state index in [1.165, 1.54) is 4.31 Å². The first kappa shape index (κ1) is 15.9. The highest BCUT2D eigenvalue weighted by molar-refractivity contribution is 7.89. The van der Waals surface area contributed by atoms with Gasteiger partial charge in [0, 0.05) is 18.1 Å². The van der Waals surface area contributed by atoms with E-state index < -0.39 is 28.2 Å². The zero-order chi connectivity index (χ0) is 14.5. The quantitative estimate of drug-likeness (QED) is 0.835. The third kappa shape index (κ3) is 5.18. The Morgan fingerprint density at radius 3 is 2.63 bits per heavy atom. The molecule has 1 aromatic carbocycles. The van der Waals surface area contributed by atoms with Crippen molar-refractivity contribution in [1.29, 1.82) is 0 Å². The summed E-state index contributed by atoms with van der Waals surface area (Å²) in [7, 11) is -3.57. The van der Waals surface area contributed by atoms with Crippen molar-refractivity contribution < 1.29 is 18.3 Å². The zero-order valence-corrected chi connectivity index (χ0v) is 12.1. The third-order valence-electron chi connectivity index (χ3n) is 2.57. The summed E-state index contributed by atoms with van der Waals surface area (Å²) in [6.45, 7) is 2.19. The van der Waals surface area contributed by atoms with Crippen LogP contribution in [-0.2, 0) is 21.4 Å². The van der Waals surface area contributed by atoms with Crippen LogP contribution in [0.4, 0.5) is 0 Å². The van der Waals surface area contributed by atoms with Crippen molar-refractivity contribution in [2.75, 3.05) is 12.3 Å². The molecule has 0 aliphatic carbocycles. The van der Waals surface area contributed by atoms with E-state index in [9.17, 15) is 13.2 Å². The number of hydrogen-bond acceptors (Lipinski definition) is 3. The summed E-state index contributed by atoms with van der Waals surface area (Å²) in [6, 6.07) is 6.92. The van der Waals surface area contributed by atoms with E-state index in [0.717, 1.165) is 5.56 Å². The fourth-order valence-electron chi connectivity index (χ4n) is 1.59. The Morgan fingerprint density at radius 1 is 1.42 bits per heavy atom. The van der Waals surface area contributed by atoms with Crippen LogP contribution in [0.3, 0.4) is 0 Å². The fourth-order valence-corrected chi connectivity index (χ4v) is 3.23. The second kappa shape index (κ2) is 6.88. The molecule has 1 N–H and O–H groups in total. The lowest BCUT2D eigenvalue weighted by molar-refractivity contribution is -0.136. The van der Waals surface area contributed by atoms with Crippen molar-refractivity contribution in [1.82, 2.24) is 4.31 Å². The highest BCUT2D eigenvalue weighted by atomic mass is 35.5. The van der Waals surface area contributed by atoms with Crippen LogP contribution >= 0.6 is 11.6 Å². The molecular weight excluding hydrogens is 290 g/mol. The van der Waals surface area contributed by atoms with E-state index in [1.807, 2.05) is 0 Å². The lowest BCUT2D eigenvalue weighted by Gasteiger charge is -2.20. The highest BCUT2D eigenvalue weighted by Gasteiger charge is 2.21.